The predicted molar refractivity (Wildman–Crippen MR) is 68.3 cm³/mol. The van der Waals surface area contributed by atoms with E-state index in [9.17, 15) is 0 Å². The fraction of sp³-hybridized carbons (Fsp3) is 0.467. The molecule has 1 aliphatic rings. The quantitative estimate of drug-likeness (QED) is 0.360. The van der Waals surface area contributed by atoms with Crippen LogP contribution in [0.4, 0.5) is 0 Å². The van der Waals surface area contributed by atoms with E-state index in [2.05, 4.69) is 40.7 Å². The van der Waals surface area contributed by atoms with Crippen molar-refractivity contribution in [2.24, 2.45) is 5.41 Å². The molecule has 0 unspecified atom stereocenters. The van der Waals surface area contributed by atoms with Crippen molar-refractivity contribution in [3.8, 4) is 0 Å². The zero-order valence-electron chi connectivity index (χ0n) is 11.3. The first-order valence-corrected chi connectivity index (χ1v) is 5.33. The molecular formula is C15H22Ti. The summed E-state index contributed by atoms with van der Waals surface area (Å²) in [4.78, 5) is 0. The van der Waals surface area contributed by atoms with Crippen LogP contribution in [0.5, 0.6) is 0 Å². The van der Waals surface area contributed by atoms with Gasteiger partial charge in [0.25, 0.3) is 0 Å². The zero-order valence-corrected chi connectivity index (χ0v) is 12.9. The Bertz CT molecular complexity index is 314. The summed E-state index contributed by atoms with van der Waals surface area (Å²) in [5.41, 5.74) is 4.39. The minimum absolute atomic E-state index is 0. The summed E-state index contributed by atoms with van der Waals surface area (Å²) in [5.74, 6) is 0. The molecule has 0 N–H and O–H groups in total. The van der Waals surface area contributed by atoms with Gasteiger partial charge in [-0.05, 0) is 0 Å². The second-order valence-electron chi connectivity index (χ2n) is 4.34. The van der Waals surface area contributed by atoms with Crippen molar-refractivity contribution in [3.05, 3.63) is 47.6 Å². The van der Waals surface area contributed by atoms with Crippen molar-refractivity contribution < 1.29 is 21.7 Å². The average molecular weight is 250 g/mol. The Morgan fingerprint density at radius 3 is 1.75 bits per heavy atom. The standard InChI is InChI=1S/C10H15.C5H7.Ti/c1-7-6-10(4,5)9(3)8(7)2;1-3-5-4-2;/h1-5H3;1,3-5H,2H3;/q2*-1;+2/b;5-4+;. The van der Waals surface area contributed by atoms with Crippen LogP contribution in [-0.2, 0) is 21.7 Å². The maximum absolute atomic E-state index is 4.93. The van der Waals surface area contributed by atoms with Crippen LogP contribution >= 0.6 is 0 Å². The zero-order chi connectivity index (χ0) is 12.1. The molecule has 0 aliphatic heterocycles. The molecule has 1 aliphatic carbocycles. The minimum atomic E-state index is 0. The molecule has 0 heterocycles. The first-order chi connectivity index (χ1) is 6.86. The van der Waals surface area contributed by atoms with Crippen LogP contribution in [0.3, 0.4) is 0 Å². The van der Waals surface area contributed by atoms with Gasteiger partial charge in [0.15, 0.2) is 0 Å². The first-order valence-electron chi connectivity index (χ1n) is 5.33. The molecule has 0 atom stereocenters. The van der Waals surface area contributed by atoms with Crippen molar-refractivity contribution >= 4 is 0 Å². The monoisotopic (exact) mass is 250 g/mol. The summed E-state index contributed by atoms with van der Waals surface area (Å²) in [6, 6.07) is 0. The molecule has 1 heteroatoms. The molecule has 16 heavy (non-hydrogen) atoms. The minimum Gasteiger partial charge on any atom is -0.293 e. The predicted octanol–water partition coefficient (Wildman–Crippen LogP) is 4.66. The second-order valence-corrected chi connectivity index (χ2v) is 4.34. The Morgan fingerprint density at radius 1 is 1.19 bits per heavy atom. The number of hydrogen-bond donors (Lipinski definition) is 0. The van der Waals surface area contributed by atoms with E-state index in [4.69, 9.17) is 6.58 Å². The molecule has 0 amide bonds. The first kappa shape index (κ1) is 18.1. The summed E-state index contributed by atoms with van der Waals surface area (Å²) in [6.07, 6.45) is 8.59. The van der Waals surface area contributed by atoms with E-state index < -0.39 is 0 Å². The maximum Gasteiger partial charge on any atom is 2.00 e. The van der Waals surface area contributed by atoms with Crippen LogP contribution in [0.15, 0.2) is 34.9 Å². The van der Waals surface area contributed by atoms with Crippen LogP contribution in [0.1, 0.15) is 41.5 Å². The van der Waals surface area contributed by atoms with E-state index in [0.717, 1.165) is 0 Å². The van der Waals surface area contributed by atoms with Crippen LogP contribution in [0.25, 0.3) is 0 Å². The topological polar surface area (TPSA) is 0 Å². The summed E-state index contributed by atoms with van der Waals surface area (Å²) >= 11 is 0. The van der Waals surface area contributed by atoms with E-state index in [-0.39, 0.29) is 27.1 Å². The number of rotatable bonds is 1. The normalized spacial score (nSPS) is 17.5. The third-order valence-electron chi connectivity index (χ3n) is 2.87. The molecule has 0 nitrogen and oxygen atoms in total. The SMILES string of the molecule is CC1=[C-]C(C)(C)C(C)=C1C.[CH-]=C/C=C/C.[Ti+2]. The van der Waals surface area contributed by atoms with Crippen molar-refractivity contribution in [2.75, 3.05) is 0 Å². The molecule has 0 aromatic heterocycles. The van der Waals surface area contributed by atoms with Crippen molar-refractivity contribution in [3.63, 3.8) is 0 Å². The van der Waals surface area contributed by atoms with Crippen LogP contribution in [0.2, 0.25) is 0 Å². The van der Waals surface area contributed by atoms with Gasteiger partial charge in [0.2, 0.25) is 0 Å². The third kappa shape index (κ3) is 5.14. The Morgan fingerprint density at radius 2 is 1.69 bits per heavy atom. The smallest absolute Gasteiger partial charge is 0.293 e. The Balaban J connectivity index is 0. The van der Waals surface area contributed by atoms with Gasteiger partial charge in [0.1, 0.15) is 0 Å². The molecule has 0 radical (unpaired) electrons. The molecule has 0 fully saturated rings. The molecule has 0 bridgehead atoms. The fourth-order valence-electron chi connectivity index (χ4n) is 1.52. The van der Waals surface area contributed by atoms with E-state index in [1.807, 2.05) is 13.0 Å². The molecule has 0 spiro atoms. The summed E-state index contributed by atoms with van der Waals surface area (Å²) < 4.78 is 0. The van der Waals surface area contributed by atoms with Gasteiger partial charge in [-0.25, -0.2) is 17.7 Å². The summed E-state index contributed by atoms with van der Waals surface area (Å²) in [5, 5.41) is 0. The van der Waals surface area contributed by atoms with Crippen molar-refractivity contribution in [1.29, 1.82) is 0 Å². The van der Waals surface area contributed by atoms with E-state index in [1.54, 1.807) is 6.08 Å². The van der Waals surface area contributed by atoms with Gasteiger partial charge in [-0.1, -0.05) is 40.0 Å². The molecule has 86 valence electrons. The van der Waals surface area contributed by atoms with Crippen LogP contribution in [-0.4, -0.2) is 0 Å². The van der Waals surface area contributed by atoms with Gasteiger partial charge >= 0.3 is 21.7 Å². The van der Waals surface area contributed by atoms with Gasteiger partial charge in [-0.15, -0.1) is 6.92 Å². The molecule has 0 aromatic rings. The van der Waals surface area contributed by atoms with Gasteiger partial charge in [-0.2, -0.15) is 17.2 Å². The van der Waals surface area contributed by atoms with Crippen molar-refractivity contribution in [2.45, 2.75) is 41.5 Å². The van der Waals surface area contributed by atoms with Gasteiger partial charge in [0, 0.05) is 0 Å². The maximum atomic E-state index is 4.93. The Kier molecular flexibility index (Phi) is 8.88. The van der Waals surface area contributed by atoms with Crippen LogP contribution < -0.4 is 0 Å². The molecule has 0 saturated carbocycles. The van der Waals surface area contributed by atoms with Crippen LogP contribution in [0, 0.1) is 18.1 Å². The average Bonchev–Trinajstić information content (AvgIpc) is 2.32. The Hall–Kier alpha value is -0.326. The van der Waals surface area contributed by atoms with E-state index in [0.29, 0.717) is 0 Å². The largest absolute Gasteiger partial charge is 2.00 e. The van der Waals surface area contributed by atoms with Gasteiger partial charge < -0.3 is 0 Å². The third-order valence-corrected chi connectivity index (χ3v) is 2.87. The van der Waals surface area contributed by atoms with E-state index >= 15 is 0 Å². The van der Waals surface area contributed by atoms with Gasteiger partial charge in [-0.3, -0.25) is 12.7 Å². The molecule has 0 aromatic carbocycles. The van der Waals surface area contributed by atoms with Gasteiger partial charge in [0.05, 0.1) is 0 Å². The molecule has 0 saturated heterocycles. The summed E-state index contributed by atoms with van der Waals surface area (Å²) in [7, 11) is 0. The molecule has 1 rings (SSSR count). The fourth-order valence-corrected chi connectivity index (χ4v) is 1.52. The van der Waals surface area contributed by atoms with Crippen molar-refractivity contribution in [1.82, 2.24) is 0 Å². The Labute approximate surface area is 116 Å². The number of allylic oxidation sites excluding steroid dienone is 7. The second kappa shape index (κ2) is 7.87. The van der Waals surface area contributed by atoms with E-state index in [1.165, 1.54) is 22.8 Å². The molecular weight excluding hydrogens is 228 g/mol. The number of hydrogen-bond acceptors (Lipinski definition) is 0. The summed E-state index contributed by atoms with van der Waals surface area (Å²) in [6.45, 7) is 17.8.